The Labute approximate surface area is 101 Å². The largest absolute Gasteiger partial charge is 0.382 e. The maximum atomic E-state index is 5.99. The Morgan fingerprint density at radius 3 is 2.62 bits per heavy atom. The van der Waals surface area contributed by atoms with Gasteiger partial charge in [0, 0.05) is 6.00 Å². The summed E-state index contributed by atoms with van der Waals surface area (Å²) in [6, 6.07) is 0.439. The zero-order chi connectivity index (χ0) is 11.8. The molecule has 0 spiro atoms. The predicted octanol–water partition coefficient (Wildman–Crippen LogP) is 2.50. The van der Waals surface area contributed by atoms with Crippen LogP contribution in [0, 0.1) is 0 Å². The van der Waals surface area contributed by atoms with Crippen molar-refractivity contribution in [1.82, 2.24) is 0 Å². The first-order chi connectivity index (χ1) is 7.76. The van der Waals surface area contributed by atoms with Gasteiger partial charge < -0.3 is 9.47 Å². The van der Waals surface area contributed by atoms with Gasteiger partial charge in [0.1, 0.15) is 7.85 Å². The summed E-state index contributed by atoms with van der Waals surface area (Å²) in [6.45, 7) is 5.28. The van der Waals surface area contributed by atoms with E-state index in [9.17, 15) is 0 Å². The molecular weight excluding hydrogens is 199 g/mol. The van der Waals surface area contributed by atoms with Crippen molar-refractivity contribution in [3.05, 3.63) is 0 Å². The lowest BCUT2D eigenvalue weighted by molar-refractivity contribution is -0.0328. The van der Waals surface area contributed by atoms with Crippen molar-refractivity contribution in [3.63, 3.8) is 0 Å². The molecule has 0 saturated carbocycles. The third-order valence-electron chi connectivity index (χ3n) is 3.33. The first kappa shape index (κ1) is 14.0. The van der Waals surface area contributed by atoms with Gasteiger partial charge in [-0.25, -0.2) is 0 Å². The summed E-state index contributed by atoms with van der Waals surface area (Å²) < 4.78 is 11.8. The highest BCUT2D eigenvalue weighted by Crippen LogP contribution is 2.19. The third-order valence-corrected chi connectivity index (χ3v) is 3.33. The summed E-state index contributed by atoms with van der Waals surface area (Å²) in [7, 11) is 2.15. The minimum atomic E-state index is 0.357. The van der Waals surface area contributed by atoms with E-state index in [1.54, 1.807) is 0 Å². The zero-order valence-corrected chi connectivity index (χ0v) is 11.2. The van der Waals surface area contributed by atoms with Crippen LogP contribution in [0.5, 0.6) is 0 Å². The molecule has 3 heteroatoms. The minimum absolute atomic E-state index is 0.357. The highest BCUT2D eigenvalue weighted by Gasteiger charge is 2.22. The molecule has 1 aliphatic rings. The maximum absolute atomic E-state index is 5.99. The molecule has 3 atom stereocenters. The topological polar surface area (TPSA) is 18.5 Å². The SMILES string of the molecule is B[C@H]1CC[C@@H](COC(CCC)CCCC)O1. The standard InChI is InChI=1S/C13H27BO2/c1-3-5-7-11(6-4-2)15-10-12-8-9-13(14)16-12/h11-13H,3-10,14H2,1-2H3/t11?,12-,13+/m0/s1. The average molecular weight is 226 g/mol. The number of unbranched alkanes of at least 4 members (excludes halogenated alkanes) is 1. The van der Waals surface area contributed by atoms with Crippen LogP contribution in [0.1, 0.15) is 58.8 Å². The Morgan fingerprint density at radius 2 is 2.06 bits per heavy atom. The van der Waals surface area contributed by atoms with Gasteiger partial charge in [-0.2, -0.15) is 0 Å². The van der Waals surface area contributed by atoms with E-state index >= 15 is 0 Å². The van der Waals surface area contributed by atoms with Crippen LogP contribution in [-0.4, -0.2) is 32.7 Å². The molecule has 0 aliphatic carbocycles. The lowest BCUT2D eigenvalue weighted by Crippen LogP contribution is -2.22. The van der Waals surface area contributed by atoms with Gasteiger partial charge in [-0.3, -0.25) is 0 Å². The summed E-state index contributed by atoms with van der Waals surface area (Å²) >= 11 is 0. The predicted molar refractivity (Wildman–Crippen MR) is 70.6 cm³/mol. The second kappa shape index (κ2) is 8.13. The van der Waals surface area contributed by atoms with Crippen molar-refractivity contribution in [2.24, 2.45) is 0 Å². The van der Waals surface area contributed by atoms with Gasteiger partial charge in [-0.15, -0.1) is 0 Å². The molecule has 0 aromatic carbocycles. The molecule has 0 bridgehead atoms. The van der Waals surface area contributed by atoms with E-state index in [4.69, 9.17) is 9.47 Å². The Bertz CT molecular complexity index is 175. The molecular formula is C13H27BO2. The first-order valence-corrected chi connectivity index (χ1v) is 7.03. The maximum Gasteiger partial charge on any atom is 0.139 e. The second-order valence-corrected chi connectivity index (χ2v) is 5.03. The number of hydrogen-bond acceptors (Lipinski definition) is 2. The molecule has 0 radical (unpaired) electrons. The van der Waals surface area contributed by atoms with Gasteiger partial charge in [-0.1, -0.05) is 33.1 Å². The molecule has 0 aromatic heterocycles. The molecule has 1 heterocycles. The summed E-state index contributed by atoms with van der Waals surface area (Å²) in [5.74, 6) is 0. The minimum Gasteiger partial charge on any atom is -0.382 e. The second-order valence-electron chi connectivity index (χ2n) is 5.03. The van der Waals surface area contributed by atoms with E-state index in [-0.39, 0.29) is 0 Å². The van der Waals surface area contributed by atoms with Crippen LogP contribution in [0.2, 0.25) is 0 Å². The summed E-state index contributed by atoms with van der Waals surface area (Å²) in [6.07, 6.45) is 9.37. The van der Waals surface area contributed by atoms with E-state index in [1.807, 2.05) is 0 Å². The van der Waals surface area contributed by atoms with Crippen molar-refractivity contribution in [1.29, 1.82) is 0 Å². The van der Waals surface area contributed by atoms with E-state index in [0.29, 0.717) is 18.2 Å². The molecule has 0 N–H and O–H groups in total. The van der Waals surface area contributed by atoms with Gasteiger partial charge in [0.15, 0.2) is 0 Å². The van der Waals surface area contributed by atoms with E-state index in [1.165, 1.54) is 44.9 Å². The summed E-state index contributed by atoms with van der Waals surface area (Å²) in [5, 5.41) is 0. The normalized spacial score (nSPS) is 27.1. The Morgan fingerprint density at radius 1 is 1.25 bits per heavy atom. The molecule has 94 valence electrons. The van der Waals surface area contributed by atoms with Crippen LogP contribution < -0.4 is 0 Å². The number of hydrogen-bond donors (Lipinski definition) is 0. The molecule has 0 amide bonds. The van der Waals surface area contributed by atoms with Crippen LogP contribution in [0.3, 0.4) is 0 Å². The molecule has 1 saturated heterocycles. The van der Waals surface area contributed by atoms with Gasteiger partial charge in [0.25, 0.3) is 0 Å². The van der Waals surface area contributed by atoms with E-state index in [0.717, 1.165) is 6.61 Å². The lowest BCUT2D eigenvalue weighted by Gasteiger charge is -2.19. The van der Waals surface area contributed by atoms with E-state index < -0.39 is 0 Å². The zero-order valence-electron chi connectivity index (χ0n) is 11.2. The van der Waals surface area contributed by atoms with Crippen LogP contribution in [0.25, 0.3) is 0 Å². The Hall–Kier alpha value is -0.0151. The van der Waals surface area contributed by atoms with E-state index in [2.05, 4.69) is 21.7 Å². The summed E-state index contributed by atoms with van der Waals surface area (Å²) in [4.78, 5) is 0. The fraction of sp³-hybridized carbons (Fsp3) is 1.00. The molecule has 16 heavy (non-hydrogen) atoms. The third kappa shape index (κ3) is 5.35. The van der Waals surface area contributed by atoms with Crippen LogP contribution in [0.15, 0.2) is 0 Å². The van der Waals surface area contributed by atoms with Crippen LogP contribution >= 0.6 is 0 Å². The van der Waals surface area contributed by atoms with Crippen molar-refractivity contribution in [3.8, 4) is 0 Å². The lowest BCUT2D eigenvalue weighted by atomic mass is 9.97. The molecule has 0 aromatic rings. The summed E-state index contributed by atoms with van der Waals surface area (Å²) in [5.41, 5.74) is 0. The molecule has 1 rings (SSSR count). The molecule has 2 nitrogen and oxygen atoms in total. The van der Waals surface area contributed by atoms with Crippen LogP contribution in [0.4, 0.5) is 0 Å². The fourth-order valence-electron chi connectivity index (χ4n) is 2.32. The highest BCUT2D eigenvalue weighted by molar-refractivity contribution is 6.11. The van der Waals surface area contributed by atoms with Gasteiger partial charge in [0.2, 0.25) is 0 Å². The first-order valence-electron chi connectivity index (χ1n) is 7.03. The molecule has 1 unspecified atom stereocenters. The van der Waals surface area contributed by atoms with Gasteiger partial charge in [0.05, 0.1) is 18.8 Å². The highest BCUT2D eigenvalue weighted by atomic mass is 16.5. The number of ether oxygens (including phenoxy) is 2. The fourth-order valence-corrected chi connectivity index (χ4v) is 2.32. The van der Waals surface area contributed by atoms with Crippen molar-refractivity contribution >= 4 is 7.85 Å². The van der Waals surface area contributed by atoms with Crippen molar-refractivity contribution < 1.29 is 9.47 Å². The molecule has 1 fully saturated rings. The molecule has 1 aliphatic heterocycles. The Balaban J connectivity index is 2.15. The van der Waals surface area contributed by atoms with Crippen molar-refractivity contribution in [2.45, 2.75) is 77.0 Å². The smallest absolute Gasteiger partial charge is 0.139 e. The van der Waals surface area contributed by atoms with Crippen molar-refractivity contribution in [2.75, 3.05) is 6.61 Å². The van der Waals surface area contributed by atoms with Crippen LogP contribution in [-0.2, 0) is 9.47 Å². The number of rotatable bonds is 8. The Kier molecular flexibility index (Phi) is 7.14. The van der Waals surface area contributed by atoms with Gasteiger partial charge in [-0.05, 0) is 25.7 Å². The monoisotopic (exact) mass is 226 g/mol. The average Bonchev–Trinajstić information content (AvgIpc) is 2.68. The quantitative estimate of drug-likeness (QED) is 0.592. The van der Waals surface area contributed by atoms with Gasteiger partial charge >= 0.3 is 0 Å².